The van der Waals surface area contributed by atoms with Crippen LogP contribution in [0.15, 0.2) is 54.7 Å². The first-order chi connectivity index (χ1) is 9.83. The van der Waals surface area contributed by atoms with Gasteiger partial charge in [-0.1, -0.05) is 35.9 Å². The lowest BCUT2D eigenvalue weighted by molar-refractivity contribution is 0.876. The van der Waals surface area contributed by atoms with E-state index in [4.69, 9.17) is 11.6 Å². The maximum Gasteiger partial charge on any atom is 0.0775 e. The van der Waals surface area contributed by atoms with Gasteiger partial charge in [0.2, 0.25) is 0 Å². The number of hydrogen-bond acceptors (Lipinski definition) is 1. The zero-order valence-electron chi connectivity index (χ0n) is 10.9. The van der Waals surface area contributed by atoms with Gasteiger partial charge in [-0.05, 0) is 48.2 Å². The molecular weight excluding hydrogens is 268 g/mol. The maximum absolute atomic E-state index is 5.97. The minimum absolute atomic E-state index is 0.746. The molecule has 20 heavy (non-hydrogen) atoms. The van der Waals surface area contributed by atoms with Gasteiger partial charge in [-0.3, -0.25) is 0 Å². The summed E-state index contributed by atoms with van der Waals surface area (Å²) in [6.07, 6.45) is 4.13. The SMILES string of the molecule is Clc1ccc(-n2ncc3c2-c2ccccc2CC3)cc1. The van der Waals surface area contributed by atoms with E-state index in [2.05, 4.69) is 29.4 Å². The number of nitrogens with zero attached hydrogens (tertiary/aromatic N) is 2. The lowest BCUT2D eigenvalue weighted by Crippen LogP contribution is -2.06. The fourth-order valence-corrected chi connectivity index (χ4v) is 3.00. The topological polar surface area (TPSA) is 17.8 Å². The Balaban J connectivity index is 1.93. The van der Waals surface area contributed by atoms with Crippen molar-refractivity contribution in [2.45, 2.75) is 12.8 Å². The normalized spacial score (nSPS) is 12.8. The molecule has 0 atom stereocenters. The highest BCUT2D eigenvalue weighted by molar-refractivity contribution is 6.30. The standard InChI is InChI=1S/C17H13ClN2/c18-14-7-9-15(10-8-14)20-17-13(11-19-20)6-5-12-3-1-2-4-16(12)17/h1-4,7-11H,5-6H2. The number of hydrogen-bond donors (Lipinski definition) is 0. The maximum atomic E-state index is 5.97. The molecule has 1 aliphatic carbocycles. The lowest BCUT2D eigenvalue weighted by atomic mass is 9.90. The number of benzene rings is 2. The number of aryl methyl sites for hydroxylation is 2. The molecule has 0 fully saturated rings. The van der Waals surface area contributed by atoms with Gasteiger partial charge in [-0.2, -0.15) is 5.10 Å². The second-order valence-corrected chi connectivity index (χ2v) is 5.50. The molecule has 0 unspecified atom stereocenters. The fraction of sp³-hybridized carbons (Fsp3) is 0.118. The van der Waals surface area contributed by atoms with E-state index >= 15 is 0 Å². The zero-order valence-corrected chi connectivity index (χ0v) is 11.6. The summed E-state index contributed by atoms with van der Waals surface area (Å²) >= 11 is 5.97. The molecule has 3 aromatic rings. The summed E-state index contributed by atoms with van der Waals surface area (Å²) in [4.78, 5) is 0. The van der Waals surface area contributed by atoms with E-state index in [1.807, 2.05) is 35.1 Å². The second-order valence-electron chi connectivity index (χ2n) is 5.06. The molecule has 2 nitrogen and oxygen atoms in total. The van der Waals surface area contributed by atoms with Crippen molar-refractivity contribution >= 4 is 11.6 Å². The van der Waals surface area contributed by atoms with Gasteiger partial charge in [-0.25, -0.2) is 4.68 Å². The number of halogens is 1. The molecule has 0 saturated heterocycles. The second kappa shape index (κ2) is 4.50. The molecule has 0 saturated carbocycles. The molecule has 0 amide bonds. The van der Waals surface area contributed by atoms with Gasteiger partial charge in [-0.15, -0.1) is 0 Å². The van der Waals surface area contributed by atoms with Crippen molar-refractivity contribution in [3.8, 4) is 16.9 Å². The van der Waals surface area contributed by atoms with Crippen molar-refractivity contribution in [2.75, 3.05) is 0 Å². The first kappa shape index (κ1) is 11.7. The summed E-state index contributed by atoms with van der Waals surface area (Å²) in [6.45, 7) is 0. The number of fused-ring (bicyclic) bond motifs is 3. The minimum Gasteiger partial charge on any atom is -0.233 e. The third kappa shape index (κ3) is 1.76. The molecule has 1 heterocycles. The Morgan fingerprint density at radius 3 is 2.50 bits per heavy atom. The van der Waals surface area contributed by atoms with Gasteiger partial charge in [0.05, 0.1) is 17.6 Å². The number of rotatable bonds is 1. The Morgan fingerprint density at radius 2 is 1.65 bits per heavy atom. The van der Waals surface area contributed by atoms with Gasteiger partial charge in [0, 0.05) is 10.6 Å². The van der Waals surface area contributed by atoms with Gasteiger partial charge in [0.25, 0.3) is 0 Å². The van der Waals surface area contributed by atoms with Crippen LogP contribution in [0.3, 0.4) is 0 Å². The predicted molar refractivity (Wildman–Crippen MR) is 81.4 cm³/mol. The first-order valence-corrected chi connectivity index (χ1v) is 7.12. The van der Waals surface area contributed by atoms with Gasteiger partial charge in [0.1, 0.15) is 0 Å². The Kier molecular flexibility index (Phi) is 2.64. The van der Waals surface area contributed by atoms with Crippen LogP contribution in [0.5, 0.6) is 0 Å². The van der Waals surface area contributed by atoms with Crippen LogP contribution in [0.25, 0.3) is 16.9 Å². The Morgan fingerprint density at radius 1 is 0.900 bits per heavy atom. The monoisotopic (exact) mass is 280 g/mol. The van der Waals surface area contributed by atoms with Crippen molar-refractivity contribution in [2.24, 2.45) is 0 Å². The smallest absolute Gasteiger partial charge is 0.0775 e. The van der Waals surface area contributed by atoms with E-state index in [1.54, 1.807) is 0 Å². The fourth-order valence-electron chi connectivity index (χ4n) is 2.87. The van der Waals surface area contributed by atoms with E-state index in [-0.39, 0.29) is 0 Å². The van der Waals surface area contributed by atoms with Gasteiger partial charge >= 0.3 is 0 Å². The van der Waals surface area contributed by atoms with Crippen LogP contribution in [0, 0.1) is 0 Å². The van der Waals surface area contributed by atoms with E-state index in [9.17, 15) is 0 Å². The van der Waals surface area contributed by atoms with Crippen LogP contribution in [-0.2, 0) is 12.8 Å². The van der Waals surface area contributed by atoms with Crippen molar-refractivity contribution in [3.63, 3.8) is 0 Å². The third-order valence-corrected chi connectivity index (χ3v) is 4.10. The molecule has 2 aromatic carbocycles. The van der Waals surface area contributed by atoms with E-state index in [0.29, 0.717) is 0 Å². The molecular formula is C17H13ClN2. The third-order valence-electron chi connectivity index (χ3n) is 3.85. The largest absolute Gasteiger partial charge is 0.233 e. The minimum atomic E-state index is 0.746. The number of aromatic nitrogens is 2. The predicted octanol–water partition coefficient (Wildman–Crippen LogP) is 4.29. The van der Waals surface area contributed by atoms with Crippen molar-refractivity contribution in [1.82, 2.24) is 9.78 Å². The van der Waals surface area contributed by atoms with Crippen molar-refractivity contribution in [3.05, 3.63) is 70.9 Å². The summed E-state index contributed by atoms with van der Waals surface area (Å²) in [5, 5.41) is 5.32. The molecule has 98 valence electrons. The average molecular weight is 281 g/mol. The first-order valence-electron chi connectivity index (χ1n) is 6.74. The van der Waals surface area contributed by atoms with Crippen LogP contribution < -0.4 is 0 Å². The molecule has 0 radical (unpaired) electrons. The molecule has 0 spiro atoms. The van der Waals surface area contributed by atoms with Crippen molar-refractivity contribution < 1.29 is 0 Å². The van der Waals surface area contributed by atoms with Crippen LogP contribution in [0.2, 0.25) is 5.02 Å². The van der Waals surface area contributed by atoms with Crippen molar-refractivity contribution in [1.29, 1.82) is 0 Å². The van der Waals surface area contributed by atoms with E-state index in [1.165, 1.54) is 22.4 Å². The lowest BCUT2D eigenvalue weighted by Gasteiger charge is -2.18. The Bertz CT molecular complexity index is 772. The summed E-state index contributed by atoms with van der Waals surface area (Å²) in [7, 11) is 0. The van der Waals surface area contributed by atoms with Crippen LogP contribution in [0.1, 0.15) is 11.1 Å². The van der Waals surface area contributed by atoms with Gasteiger partial charge < -0.3 is 0 Å². The van der Waals surface area contributed by atoms with Crippen LogP contribution in [-0.4, -0.2) is 9.78 Å². The Labute approximate surface area is 122 Å². The average Bonchev–Trinajstić information content (AvgIpc) is 2.92. The molecule has 4 rings (SSSR count). The summed E-state index contributed by atoms with van der Waals surface area (Å²) in [6, 6.07) is 16.4. The highest BCUT2D eigenvalue weighted by Crippen LogP contribution is 2.34. The van der Waals surface area contributed by atoms with Crippen LogP contribution >= 0.6 is 11.6 Å². The molecule has 3 heteroatoms. The molecule has 0 aliphatic heterocycles. The van der Waals surface area contributed by atoms with Crippen LogP contribution in [0.4, 0.5) is 0 Å². The molecule has 0 bridgehead atoms. The van der Waals surface area contributed by atoms with Gasteiger partial charge in [0.15, 0.2) is 0 Å². The summed E-state index contributed by atoms with van der Waals surface area (Å²) in [5.41, 5.74) is 6.28. The Hall–Kier alpha value is -2.06. The summed E-state index contributed by atoms with van der Waals surface area (Å²) in [5.74, 6) is 0. The highest BCUT2D eigenvalue weighted by Gasteiger charge is 2.21. The van der Waals surface area contributed by atoms with E-state index < -0.39 is 0 Å². The zero-order chi connectivity index (χ0) is 13.5. The molecule has 1 aliphatic rings. The quantitative estimate of drug-likeness (QED) is 0.650. The highest BCUT2D eigenvalue weighted by atomic mass is 35.5. The summed E-state index contributed by atoms with van der Waals surface area (Å²) < 4.78 is 2.02. The molecule has 0 N–H and O–H groups in total. The molecule has 1 aromatic heterocycles. The van der Waals surface area contributed by atoms with E-state index in [0.717, 1.165) is 23.6 Å².